The predicted octanol–water partition coefficient (Wildman–Crippen LogP) is 4.24. The largest absolute Gasteiger partial charge is 0.508 e. The molecule has 21 heavy (non-hydrogen) atoms. The molecule has 2 N–H and O–H groups in total. The summed E-state index contributed by atoms with van der Waals surface area (Å²) >= 11 is 0. The molecule has 3 aromatic carbocycles. The van der Waals surface area contributed by atoms with Crippen LogP contribution in [0.25, 0.3) is 21.9 Å². The van der Waals surface area contributed by atoms with E-state index in [9.17, 15) is 10.2 Å². The zero-order valence-electron chi connectivity index (χ0n) is 11.9. The average Bonchev–Trinajstić information content (AvgIpc) is 2.49. The van der Waals surface area contributed by atoms with Gasteiger partial charge in [0, 0.05) is 11.1 Å². The van der Waals surface area contributed by atoms with Crippen molar-refractivity contribution < 1.29 is 14.9 Å². The molecular formula is C18H16O3. The van der Waals surface area contributed by atoms with E-state index in [1.807, 2.05) is 37.3 Å². The average molecular weight is 280 g/mol. The molecule has 0 aliphatic rings. The summed E-state index contributed by atoms with van der Waals surface area (Å²) in [5.41, 5.74) is 2.49. The van der Waals surface area contributed by atoms with Crippen molar-refractivity contribution in [2.75, 3.05) is 7.11 Å². The summed E-state index contributed by atoms with van der Waals surface area (Å²) in [6, 6.07) is 14.4. The number of aryl methyl sites for hydroxylation is 1. The molecule has 0 saturated heterocycles. The second kappa shape index (κ2) is 5.02. The number of ether oxygens (including phenoxy) is 1. The summed E-state index contributed by atoms with van der Waals surface area (Å²) in [6.45, 7) is 2.04. The van der Waals surface area contributed by atoms with Crippen LogP contribution in [0.3, 0.4) is 0 Å². The molecule has 0 saturated carbocycles. The van der Waals surface area contributed by atoms with Gasteiger partial charge in [0.2, 0.25) is 0 Å². The normalized spacial score (nSPS) is 10.8. The Balaban J connectivity index is 2.44. The molecule has 3 heteroatoms. The highest BCUT2D eigenvalue weighted by Crippen LogP contribution is 2.42. The van der Waals surface area contributed by atoms with Gasteiger partial charge in [-0.05, 0) is 47.5 Å². The molecule has 3 nitrogen and oxygen atoms in total. The number of phenols is 2. The molecule has 0 amide bonds. The minimum absolute atomic E-state index is 0.106. The van der Waals surface area contributed by atoms with E-state index in [1.54, 1.807) is 13.2 Å². The summed E-state index contributed by atoms with van der Waals surface area (Å²) in [4.78, 5) is 0. The molecule has 0 aliphatic carbocycles. The summed E-state index contributed by atoms with van der Waals surface area (Å²) in [6.07, 6.45) is 0. The Bertz CT molecular complexity index is 822. The Kier molecular flexibility index (Phi) is 3.18. The Morgan fingerprint density at radius 2 is 1.71 bits per heavy atom. The zero-order valence-corrected chi connectivity index (χ0v) is 11.9. The van der Waals surface area contributed by atoms with E-state index in [0.717, 1.165) is 21.9 Å². The van der Waals surface area contributed by atoms with Gasteiger partial charge in [0.1, 0.15) is 17.2 Å². The smallest absolute Gasteiger partial charge is 0.127 e. The highest BCUT2D eigenvalue weighted by Gasteiger charge is 2.15. The molecule has 3 rings (SSSR count). The van der Waals surface area contributed by atoms with E-state index in [4.69, 9.17) is 4.74 Å². The molecule has 0 radical (unpaired) electrons. The monoisotopic (exact) mass is 280 g/mol. The lowest BCUT2D eigenvalue weighted by molar-refractivity contribution is 0.416. The molecular weight excluding hydrogens is 264 g/mol. The second-order valence-electron chi connectivity index (χ2n) is 5.01. The Labute approximate surface area is 123 Å². The van der Waals surface area contributed by atoms with Crippen LogP contribution >= 0.6 is 0 Å². The van der Waals surface area contributed by atoms with Crippen molar-refractivity contribution in [1.29, 1.82) is 0 Å². The number of methoxy groups -OCH3 is 1. The van der Waals surface area contributed by atoms with Crippen molar-refractivity contribution in [2.45, 2.75) is 6.92 Å². The SMILES string of the molecule is COc1ccc2c(C)cccc2c1-c1cc(O)ccc1O. The van der Waals surface area contributed by atoms with Crippen molar-refractivity contribution in [3.8, 4) is 28.4 Å². The van der Waals surface area contributed by atoms with Crippen LogP contribution in [0.4, 0.5) is 0 Å². The number of aromatic hydroxyl groups is 2. The van der Waals surface area contributed by atoms with E-state index in [0.29, 0.717) is 11.3 Å². The molecule has 0 atom stereocenters. The van der Waals surface area contributed by atoms with Crippen LogP contribution in [0.1, 0.15) is 5.56 Å². The van der Waals surface area contributed by atoms with Gasteiger partial charge in [-0.2, -0.15) is 0 Å². The predicted molar refractivity (Wildman–Crippen MR) is 84.0 cm³/mol. The number of fused-ring (bicyclic) bond motifs is 1. The molecule has 3 aromatic rings. The summed E-state index contributed by atoms with van der Waals surface area (Å²) in [5.74, 6) is 0.878. The van der Waals surface area contributed by atoms with Gasteiger partial charge >= 0.3 is 0 Å². The fraction of sp³-hybridized carbons (Fsp3) is 0.111. The maximum Gasteiger partial charge on any atom is 0.127 e. The molecule has 0 heterocycles. The second-order valence-corrected chi connectivity index (χ2v) is 5.01. The Hall–Kier alpha value is -2.68. The highest BCUT2D eigenvalue weighted by molar-refractivity contribution is 6.02. The fourth-order valence-electron chi connectivity index (χ4n) is 2.67. The number of phenolic OH excluding ortho intramolecular Hbond substituents is 2. The van der Waals surface area contributed by atoms with E-state index in [-0.39, 0.29) is 11.5 Å². The number of hydrogen-bond acceptors (Lipinski definition) is 3. The first-order valence-corrected chi connectivity index (χ1v) is 6.70. The van der Waals surface area contributed by atoms with Gasteiger partial charge in [0.25, 0.3) is 0 Å². The van der Waals surface area contributed by atoms with Crippen molar-refractivity contribution in [1.82, 2.24) is 0 Å². The zero-order chi connectivity index (χ0) is 15.0. The van der Waals surface area contributed by atoms with Crippen molar-refractivity contribution in [3.63, 3.8) is 0 Å². The van der Waals surface area contributed by atoms with Crippen LogP contribution in [0.2, 0.25) is 0 Å². The summed E-state index contributed by atoms with van der Waals surface area (Å²) < 4.78 is 5.45. The number of rotatable bonds is 2. The molecule has 106 valence electrons. The third-order valence-corrected chi connectivity index (χ3v) is 3.71. The maximum absolute atomic E-state index is 10.2. The molecule has 0 bridgehead atoms. The van der Waals surface area contributed by atoms with E-state index >= 15 is 0 Å². The minimum atomic E-state index is 0.106. The number of hydrogen-bond donors (Lipinski definition) is 2. The van der Waals surface area contributed by atoms with Crippen LogP contribution in [0.15, 0.2) is 48.5 Å². The third kappa shape index (κ3) is 2.17. The minimum Gasteiger partial charge on any atom is -0.508 e. The third-order valence-electron chi connectivity index (χ3n) is 3.71. The molecule has 0 unspecified atom stereocenters. The van der Waals surface area contributed by atoms with Crippen molar-refractivity contribution in [3.05, 3.63) is 54.1 Å². The summed E-state index contributed by atoms with van der Waals surface area (Å²) in [7, 11) is 1.60. The van der Waals surface area contributed by atoms with Crippen LogP contribution in [0, 0.1) is 6.92 Å². The maximum atomic E-state index is 10.2. The molecule has 0 aromatic heterocycles. The van der Waals surface area contributed by atoms with Gasteiger partial charge in [-0.25, -0.2) is 0 Å². The number of benzene rings is 3. The van der Waals surface area contributed by atoms with E-state index in [2.05, 4.69) is 0 Å². The van der Waals surface area contributed by atoms with Gasteiger partial charge < -0.3 is 14.9 Å². The highest BCUT2D eigenvalue weighted by atomic mass is 16.5. The first-order valence-electron chi connectivity index (χ1n) is 6.70. The van der Waals surface area contributed by atoms with Crippen molar-refractivity contribution in [2.24, 2.45) is 0 Å². The van der Waals surface area contributed by atoms with Crippen LogP contribution in [0.5, 0.6) is 17.2 Å². The van der Waals surface area contributed by atoms with Gasteiger partial charge in [0.05, 0.1) is 7.11 Å². The van der Waals surface area contributed by atoms with E-state index < -0.39 is 0 Å². The fourth-order valence-corrected chi connectivity index (χ4v) is 2.67. The topological polar surface area (TPSA) is 49.7 Å². The van der Waals surface area contributed by atoms with Crippen LogP contribution in [-0.2, 0) is 0 Å². The quantitative estimate of drug-likeness (QED) is 0.690. The van der Waals surface area contributed by atoms with Crippen LogP contribution in [-0.4, -0.2) is 17.3 Å². The molecule has 0 aliphatic heterocycles. The standard InChI is InChI=1S/C18H16O3/c1-11-4-3-5-14-13(11)7-9-17(21-2)18(14)15-10-12(19)6-8-16(15)20/h3-10,19-20H,1-2H3. The molecule has 0 fully saturated rings. The lowest BCUT2D eigenvalue weighted by atomic mass is 9.94. The lowest BCUT2D eigenvalue weighted by Crippen LogP contribution is -1.91. The van der Waals surface area contributed by atoms with Gasteiger partial charge in [-0.3, -0.25) is 0 Å². The van der Waals surface area contributed by atoms with E-state index in [1.165, 1.54) is 12.1 Å². The van der Waals surface area contributed by atoms with Crippen LogP contribution < -0.4 is 4.74 Å². The lowest BCUT2D eigenvalue weighted by Gasteiger charge is -2.15. The molecule has 0 spiro atoms. The first kappa shape index (κ1) is 13.3. The van der Waals surface area contributed by atoms with Gasteiger partial charge in [-0.1, -0.05) is 24.3 Å². The van der Waals surface area contributed by atoms with Crippen molar-refractivity contribution >= 4 is 10.8 Å². The van der Waals surface area contributed by atoms with Gasteiger partial charge in [-0.15, -0.1) is 0 Å². The van der Waals surface area contributed by atoms with Gasteiger partial charge in [0.15, 0.2) is 0 Å². The Morgan fingerprint density at radius 3 is 2.48 bits per heavy atom. The summed E-state index contributed by atoms with van der Waals surface area (Å²) in [5, 5.41) is 22.0. The Morgan fingerprint density at radius 1 is 0.905 bits per heavy atom. The first-order chi connectivity index (χ1) is 10.1.